The average molecular weight is 488 g/mol. The number of ether oxygens (including phenoxy) is 1. The first-order valence-electron chi connectivity index (χ1n) is 11.7. The number of benzene rings is 2. The maximum absolute atomic E-state index is 12.7. The van der Waals surface area contributed by atoms with Gasteiger partial charge in [0.15, 0.2) is 0 Å². The molecule has 2 N–H and O–H groups in total. The summed E-state index contributed by atoms with van der Waals surface area (Å²) in [7, 11) is 0. The third kappa shape index (κ3) is 5.44. The number of aromatic nitrogens is 2. The summed E-state index contributed by atoms with van der Waals surface area (Å²) in [5.74, 6) is 0.453. The molecule has 1 saturated heterocycles. The quantitative estimate of drug-likeness (QED) is 0.389. The Bertz CT molecular complexity index is 1340. The lowest BCUT2D eigenvalue weighted by Crippen LogP contribution is -2.40. The number of nitrogens with one attached hydrogen (secondary N) is 2. The highest BCUT2D eigenvalue weighted by Crippen LogP contribution is 2.33. The van der Waals surface area contributed by atoms with Crippen LogP contribution in [0.15, 0.2) is 60.1 Å². The molecule has 0 atom stereocenters. The molecule has 3 heterocycles. The molecule has 0 aliphatic carbocycles. The molecule has 0 spiro atoms. The van der Waals surface area contributed by atoms with Crippen molar-refractivity contribution in [1.82, 2.24) is 15.3 Å². The van der Waals surface area contributed by atoms with E-state index in [1.807, 2.05) is 63.4 Å². The van der Waals surface area contributed by atoms with Gasteiger partial charge in [-0.1, -0.05) is 12.1 Å². The number of carbonyl (C=O) groups excluding carboxylic acids is 1. The van der Waals surface area contributed by atoms with Gasteiger partial charge in [-0.05, 0) is 62.7 Å². The minimum absolute atomic E-state index is 0.0867. The predicted molar refractivity (Wildman–Crippen MR) is 143 cm³/mol. The Hall–Kier alpha value is -3.49. The number of carbonyl (C=O) groups is 1. The van der Waals surface area contributed by atoms with Crippen molar-refractivity contribution in [2.75, 3.05) is 36.5 Å². The second kappa shape index (κ2) is 9.64. The number of rotatable bonds is 5. The molecule has 2 aromatic carbocycles. The average Bonchev–Trinajstić information content (AvgIpc) is 3.27. The van der Waals surface area contributed by atoms with Crippen LogP contribution in [0.3, 0.4) is 0 Å². The highest BCUT2D eigenvalue weighted by Gasteiger charge is 2.17. The lowest BCUT2D eigenvalue weighted by molar-refractivity contribution is 0.0919. The summed E-state index contributed by atoms with van der Waals surface area (Å²) >= 11 is 1.60. The fraction of sp³-hybridized carbons (Fsp3) is 0.296. The maximum atomic E-state index is 12.7. The fourth-order valence-electron chi connectivity index (χ4n) is 4.04. The zero-order chi connectivity index (χ0) is 24.4. The Morgan fingerprint density at radius 2 is 1.86 bits per heavy atom. The zero-order valence-corrected chi connectivity index (χ0v) is 21.0. The minimum atomic E-state index is -0.295. The number of nitrogens with zero attached hydrogens (tertiary/aromatic N) is 3. The number of morpholine rings is 1. The van der Waals surface area contributed by atoms with Crippen LogP contribution in [0.5, 0.6) is 0 Å². The van der Waals surface area contributed by atoms with Crippen molar-refractivity contribution in [3.8, 4) is 11.1 Å². The van der Waals surface area contributed by atoms with E-state index in [1.165, 1.54) is 5.69 Å². The van der Waals surface area contributed by atoms with E-state index in [1.54, 1.807) is 11.3 Å². The smallest absolute Gasteiger partial charge is 0.251 e. The normalized spacial score (nSPS) is 14.2. The highest BCUT2D eigenvalue weighted by molar-refractivity contribution is 7.17. The lowest BCUT2D eigenvalue weighted by Gasteiger charge is -2.28. The molecule has 35 heavy (non-hydrogen) atoms. The van der Waals surface area contributed by atoms with Gasteiger partial charge in [0.05, 0.1) is 29.6 Å². The Labute approximate surface area is 209 Å². The van der Waals surface area contributed by atoms with Crippen molar-refractivity contribution in [2.45, 2.75) is 26.3 Å². The molecule has 5 rings (SSSR count). The van der Waals surface area contributed by atoms with Crippen molar-refractivity contribution in [2.24, 2.45) is 0 Å². The second-order valence-electron chi connectivity index (χ2n) is 9.61. The van der Waals surface area contributed by atoms with Crippen LogP contribution in [-0.2, 0) is 4.74 Å². The predicted octanol–water partition coefficient (Wildman–Crippen LogP) is 5.47. The summed E-state index contributed by atoms with van der Waals surface area (Å²) in [5, 5.41) is 8.42. The molecule has 0 saturated carbocycles. The Balaban J connectivity index is 1.38. The van der Waals surface area contributed by atoms with Crippen molar-refractivity contribution in [3.05, 3.63) is 65.7 Å². The fourth-order valence-corrected chi connectivity index (χ4v) is 4.91. The van der Waals surface area contributed by atoms with E-state index in [2.05, 4.69) is 38.0 Å². The highest BCUT2D eigenvalue weighted by atomic mass is 32.1. The molecule has 1 amide bonds. The van der Waals surface area contributed by atoms with Crippen LogP contribution >= 0.6 is 11.3 Å². The summed E-state index contributed by atoms with van der Waals surface area (Å²) in [6.07, 6.45) is 1.84. The van der Waals surface area contributed by atoms with E-state index in [9.17, 15) is 4.79 Å². The van der Waals surface area contributed by atoms with Crippen LogP contribution in [-0.4, -0.2) is 47.7 Å². The van der Waals surface area contributed by atoms with Crippen LogP contribution in [0.4, 0.5) is 17.3 Å². The summed E-state index contributed by atoms with van der Waals surface area (Å²) in [5.41, 5.74) is 5.26. The number of amides is 1. The van der Waals surface area contributed by atoms with Gasteiger partial charge in [0.25, 0.3) is 5.91 Å². The SMILES string of the molecule is CC(C)(C)NC(=O)c1cccc(-c2csc3cnc(Nc4ccc(N5CCOCC5)cc4)nc23)c1. The molecular weight excluding hydrogens is 458 g/mol. The van der Waals surface area contributed by atoms with Gasteiger partial charge >= 0.3 is 0 Å². The van der Waals surface area contributed by atoms with E-state index in [0.29, 0.717) is 11.5 Å². The molecule has 0 radical (unpaired) electrons. The van der Waals surface area contributed by atoms with Gasteiger partial charge in [-0.15, -0.1) is 11.3 Å². The first-order chi connectivity index (χ1) is 16.9. The molecule has 2 aromatic heterocycles. The summed E-state index contributed by atoms with van der Waals surface area (Å²) < 4.78 is 6.44. The molecule has 0 bridgehead atoms. The molecule has 0 unspecified atom stereocenters. The summed E-state index contributed by atoms with van der Waals surface area (Å²) in [6.45, 7) is 9.27. The third-order valence-electron chi connectivity index (χ3n) is 5.74. The van der Waals surface area contributed by atoms with Crippen LogP contribution in [0.25, 0.3) is 21.3 Å². The van der Waals surface area contributed by atoms with Crippen LogP contribution < -0.4 is 15.5 Å². The second-order valence-corrected chi connectivity index (χ2v) is 10.5. The number of anilines is 3. The number of hydrogen-bond acceptors (Lipinski definition) is 7. The Morgan fingerprint density at radius 3 is 2.60 bits per heavy atom. The van der Waals surface area contributed by atoms with Gasteiger partial charge in [-0.25, -0.2) is 9.97 Å². The van der Waals surface area contributed by atoms with Crippen molar-refractivity contribution in [3.63, 3.8) is 0 Å². The maximum Gasteiger partial charge on any atom is 0.251 e. The van der Waals surface area contributed by atoms with Crippen molar-refractivity contribution in [1.29, 1.82) is 0 Å². The van der Waals surface area contributed by atoms with E-state index in [-0.39, 0.29) is 11.4 Å². The van der Waals surface area contributed by atoms with E-state index >= 15 is 0 Å². The first-order valence-corrected chi connectivity index (χ1v) is 12.6. The van der Waals surface area contributed by atoms with Crippen molar-refractivity contribution < 1.29 is 9.53 Å². The van der Waals surface area contributed by atoms with Gasteiger partial charge in [0.1, 0.15) is 0 Å². The van der Waals surface area contributed by atoms with E-state index in [0.717, 1.165) is 53.3 Å². The van der Waals surface area contributed by atoms with E-state index in [4.69, 9.17) is 9.72 Å². The molecule has 8 heteroatoms. The largest absolute Gasteiger partial charge is 0.378 e. The first kappa shape index (κ1) is 23.3. The number of thiophene rings is 1. The summed E-state index contributed by atoms with van der Waals surface area (Å²) in [6, 6.07) is 16.0. The Morgan fingerprint density at radius 1 is 1.09 bits per heavy atom. The van der Waals surface area contributed by atoms with Crippen molar-refractivity contribution >= 4 is 44.8 Å². The van der Waals surface area contributed by atoms with E-state index < -0.39 is 0 Å². The minimum Gasteiger partial charge on any atom is -0.378 e. The third-order valence-corrected chi connectivity index (χ3v) is 6.64. The van der Waals surface area contributed by atoms with Crippen LogP contribution in [0, 0.1) is 0 Å². The molecular formula is C27H29N5O2S. The lowest BCUT2D eigenvalue weighted by atomic mass is 10.0. The standard InChI is InChI=1S/C27H29N5O2S/c1-27(2,3)31-25(33)19-6-4-5-18(15-19)22-17-35-23-16-28-26(30-24(22)23)29-20-7-9-21(10-8-20)32-11-13-34-14-12-32/h4-10,15-17H,11-14H2,1-3H3,(H,31,33)(H,28,29,30). The molecule has 180 valence electrons. The van der Waals surface area contributed by atoms with Gasteiger partial charge < -0.3 is 20.3 Å². The topological polar surface area (TPSA) is 79.4 Å². The number of fused-ring (bicyclic) bond motifs is 1. The van der Waals surface area contributed by atoms with Gasteiger partial charge in [-0.2, -0.15) is 0 Å². The molecule has 1 aliphatic heterocycles. The Kier molecular flexibility index (Phi) is 6.40. The van der Waals surface area contributed by atoms with Gasteiger partial charge in [0, 0.05) is 46.5 Å². The van der Waals surface area contributed by atoms with Crippen LogP contribution in [0.2, 0.25) is 0 Å². The van der Waals surface area contributed by atoms with Crippen LogP contribution in [0.1, 0.15) is 31.1 Å². The molecule has 1 fully saturated rings. The molecule has 7 nitrogen and oxygen atoms in total. The van der Waals surface area contributed by atoms with Gasteiger partial charge in [0.2, 0.25) is 5.95 Å². The zero-order valence-electron chi connectivity index (χ0n) is 20.2. The van der Waals surface area contributed by atoms with Gasteiger partial charge in [-0.3, -0.25) is 4.79 Å². The summed E-state index contributed by atoms with van der Waals surface area (Å²) in [4.78, 5) is 24.3. The number of hydrogen-bond donors (Lipinski definition) is 2. The molecule has 1 aliphatic rings. The molecule has 4 aromatic rings. The monoisotopic (exact) mass is 487 g/mol.